The topological polar surface area (TPSA) is 17.1 Å². The smallest absolute Gasteiger partial charge is 0.166 e. The maximum Gasteiger partial charge on any atom is 0.166 e. The minimum Gasteiger partial charge on any atom is -0.294 e. The van der Waals surface area contributed by atoms with E-state index in [9.17, 15) is 4.79 Å². The Balaban J connectivity index is 2.12. The van der Waals surface area contributed by atoms with Crippen molar-refractivity contribution >= 4 is 17.4 Å². The number of benzene rings is 1. The predicted molar refractivity (Wildman–Crippen MR) is 60.5 cm³/mol. The highest BCUT2D eigenvalue weighted by molar-refractivity contribution is 6.30. The van der Waals surface area contributed by atoms with E-state index in [1.165, 1.54) is 18.4 Å². The first kappa shape index (κ1) is 9.41. The van der Waals surface area contributed by atoms with Gasteiger partial charge in [0.15, 0.2) is 5.78 Å². The molecule has 0 radical (unpaired) electrons. The van der Waals surface area contributed by atoms with Gasteiger partial charge in [-0.3, -0.25) is 4.79 Å². The van der Waals surface area contributed by atoms with Gasteiger partial charge in [0.05, 0.1) is 0 Å². The molecule has 2 aliphatic rings. The molecule has 0 aliphatic heterocycles. The van der Waals surface area contributed by atoms with Crippen LogP contribution in [0.5, 0.6) is 0 Å². The van der Waals surface area contributed by atoms with E-state index in [2.05, 4.69) is 0 Å². The second kappa shape index (κ2) is 3.34. The average molecular weight is 221 g/mol. The molecule has 15 heavy (non-hydrogen) atoms. The molecule has 2 aliphatic carbocycles. The summed E-state index contributed by atoms with van der Waals surface area (Å²) in [6.07, 6.45) is 4.68. The lowest BCUT2D eigenvalue weighted by Gasteiger charge is -2.24. The number of carbonyl (C=O) groups excluding carboxylic acids is 1. The number of ketones is 1. The van der Waals surface area contributed by atoms with Crippen molar-refractivity contribution < 1.29 is 4.79 Å². The molecule has 78 valence electrons. The van der Waals surface area contributed by atoms with Gasteiger partial charge >= 0.3 is 0 Å². The number of halogens is 1. The Labute approximate surface area is 94.4 Å². The summed E-state index contributed by atoms with van der Waals surface area (Å²) in [5, 5.41) is 0.757. The van der Waals surface area contributed by atoms with E-state index < -0.39 is 0 Å². The molecule has 0 bridgehead atoms. The fraction of sp³-hybridized carbons (Fsp3) is 0.462. The zero-order valence-electron chi connectivity index (χ0n) is 8.50. The van der Waals surface area contributed by atoms with Crippen molar-refractivity contribution in [3.8, 4) is 0 Å². The molecule has 0 amide bonds. The molecule has 0 heterocycles. The number of Topliss-reactive ketones (excluding diaryl/α,β-unsaturated/α-hetero) is 1. The maximum atomic E-state index is 12.1. The molecule has 2 atom stereocenters. The number of fused-ring (bicyclic) bond motifs is 3. The van der Waals surface area contributed by atoms with Crippen LogP contribution >= 0.6 is 11.6 Å². The Morgan fingerprint density at radius 2 is 1.87 bits per heavy atom. The second-order valence-corrected chi connectivity index (χ2v) is 5.03. The molecule has 1 aromatic rings. The standard InChI is InChI=1S/C13H13ClO/c14-8-5-6-11-12(7-8)9-3-1-2-4-10(9)13(11)15/h5-7,9-10H,1-4H2. The lowest BCUT2D eigenvalue weighted by Crippen LogP contribution is -2.17. The van der Waals surface area contributed by atoms with Gasteiger partial charge in [0.2, 0.25) is 0 Å². The summed E-state index contributed by atoms with van der Waals surface area (Å²) < 4.78 is 0. The number of rotatable bonds is 0. The van der Waals surface area contributed by atoms with E-state index in [0.29, 0.717) is 11.7 Å². The van der Waals surface area contributed by atoms with E-state index in [1.54, 1.807) is 0 Å². The Bertz CT molecular complexity index is 425. The minimum absolute atomic E-state index is 0.257. The Kier molecular flexibility index (Phi) is 2.10. The molecule has 1 fully saturated rings. The molecule has 0 saturated heterocycles. The number of hydrogen-bond donors (Lipinski definition) is 0. The SMILES string of the molecule is O=C1c2ccc(Cl)cc2C2CCCCC12. The first-order valence-electron chi connectivity index (χ1n) is 5.61. The van der Waals surface area contributed by atoms with Crippen LogP contribution in [-0.4, -0.2) is 5.78 Å². The highest BCUT2D eigenvalue weighted by atomic mass is 35.5. The van der Waals surface area contributed by atoms with Gasteiger partial charge < -0.3 is 0 Å². The van der Waals surface area contributed by atoms with E-state index in [1.807, 2.05) is 18.2 Å². The number of carbonyl (C=O) groups is 1. The molecular weight excluding hydrogens is 208 g/mol. The van der Waals surface area contributed by atoms with E-state index in [4.69, 9.17) is 11.6 Å². The van der Waals surface area contributed by atoms with Gasteiger partial charge in [-0.2, -0.15) is 0 Å². The molecule has 0 aromatic heterocycles. The van der Waals surface area contributed by atoms with Crippen LogP contribution in [0.1, 0.15) is 47.5 Å². The Hall–Kier alpha value is -0.820. The van der Waals surface area contributed by atoms with Crippen LogP contribution < -0.4 is 0 Å². The highest BCUT2D eigenvalue weighted by Gasteiger charge is 2.40. The van der Waals surface area contributed by atoms with Crippen molar-refractivity contribution in [1.82, 2.24) is 0 Å². The normalized spacial score (nSPS) is 28.7. The quantitative estimate of drug-likeness (QED) is 0.650. The second-order valence-electron chi connectivity index (χ2n) is 4.59. The molecule has 2 unspecified atom stereocenters. The van der Waals surface area contributed by atoms with Gasteiger partial charge in [0.25, 0.3) is 0 Å². The number of hydrogen-bond acceptors (Lipinski definition) is 1. The first-order valence-corrected chi connectivity index (χ1v) is 5.99. The van der Waals surface area contributed by atoms with Gasteiger partial charge in [-0.15, -0.1) is 0 Å². The zero-order chi connectivity index (χ0) is 10.4. The summed E-state index contributed by atoms with van der Waals surface area (Å²) in [4.78, 5) is 12.1. The van der Waals surface area contributed by atoms with Crippen LogP contribution in [0.25, 0.3) is 0 Å². The highest BCUT2D eigenvalue weighted by Crippen LogP contribution is 2.46. The lowest BCUT2D eigenvalue weighted by molar-refractivity contribution is 0.0898. The van der Waals surface area contributed by atoms with E-state index >= 15 is 0 Å². The van der Waals surface area contributed by atoms with Crippen LogP contribution in [0.2, 0.25) is 5.02 Å². The summed E-state index contributed by atoms with van der Waals surface area (Å²) in [6, 6.07) is 5.72. The minimum atomic E-state index is 0.257. The summed E-state index contributed by atoms with van der Waals surface area (Å²) in [5.41, 5.74) is 2.13. The predicted octanol–water partition coefficient (Wildman–Crippen LogP) is 3.81. The van der Waals surface area contributed by atoms with E-state index in [0.717, 1.165) is 23.4 Å². The van der Waals surface area contributed by atoms with Crippen LogP contribution in [0.3, 0.4) is 0 Å². The third kappa shape index (κ3) is 1.33. The van der Waals surface area contributed by atoms with Crippen LogP contribution in [0.15, 0.2) is 18.2 Å². The largest absolute Gasteiger partial charge is 0.294 e. The summed E-state index contributed by atoms with van der Waals surface area (Å²) >= 11 is 5.99. The Morgan fingerprint density at radius 3 is 2.67 bits per heavy atom. The van der Waals surface area contributed by atoms with Gasteiger partial charge in [0.1, 0.15) is 0 Å². The van der Waals surface area contributed by atoms with Crippen molar-refractivity contribution in [3.05, 3.63) is 34.3 Å². The van der Waals surface area contributed by atoms with Gasteiger partial charge in [-0.25, -0.2) is 0 Å². The van der Waals surface area contributed by atoms with Crippen molar-refractivity contribution in [2.75, 3.05) is 0 Å². The molecule has 3 rings (SSSR count). The fourth-order valence-electron chi connectivity index (χ4n) is 3.08. The molecule has 0 N–H and O–H groups in total. The third-order valence-electron chi connectivity index (χ3n) is 3.78. The molecule has 2 heteroatoms. The van der Waals surface area contributed by atoms with Crippen molar-refractivity contribution in [2.45, 2.75) is 31.6 Å². The fourth-order valence-corrected chi connectivity index (χ4v) is 3.26. The van der Waals surface area contributed by atoms with Gasteiger partial charge in [-0.05, 0) is 42.5 Å². The monoisotopic (exact) mass is 220 g/mol. The Morgan fingerprint density at radius 1 is 1.13 bits per heavy atom. The molecule has 1 aromatic carbocycles. The van der Waals surface area contributed by atoms with Crippen molar-refractivity contribution in [1.29, 1.82) is 0 Å². The zero-order valence-corrected chi connectivity index (χ0v) is 9.26. The molecule has 0 spiro atoms. The third-order valence-corrected chi connectivity index (χ3v) is 4.02. The van der Waals surface area contributed by atoms with Gasteiger partial charge in [-0.1, -0.05) is 24.4 Å². The first-order chi connectivity index (χ1) is 7.27. The van der Waals surface area contributed by atoms with Crippen molar-refractivity contribution in [3.63, 3.8) is 0 Å². The van der Waals surface area contributed by atoms with E-state index in [-0.39, 0.29) is 5.92 Å². The summed E-state index contributed by atoms with van der Waals surface area (Å²) in [5.74, 6) is 1.07. The molecule has 1 saturated carbocycles. The maximum absolute atomic E-state index is 12.1. The van der Waals surface area contributed by atoms with Gasteiger partial charge in [0, 0.05) is 16.5 Å². The van der Waals surface area contributed by atoms with Crippen LogP contribution in [-0.2, 0) is 0 Å². The molecular formula is C13H13ClO. The lowest BCUT2D eigenvalue weighted by atomic mass is 9.79. The summed E-state index contributed by atoms with van der Waals surface area (Å²) in [7, 11) is 0. The van der Waals surface area contributed by atoms with Crippen molar-refractivity contribution in [2.24, 2.45) is 5.92 Å². The average Bonchev–Trinajstić information content (AvgIpc) is 2.54. The van der Waals surface area contributed by atoms with Crippen LogP contribution in [0, 0.1) is 5.92 Å². The summed E-state index contributed by atoms with van der Waals surface area (Å²) in [6.45, 7) is 0. The van der Waals surface area contributed by atoms with Crippen LogP contribution in [0.4, 0.5) is 0 Å². The molecule has 1 nitrogen and oxygen atoms in total.